The van der Waals surface area contributed by atoms with Crippen LogP contribution in [0, 0.1) is 19.7 Å². The minimum atomic E-state index is -3.57. The fourth-order valence-electron chi connectivity index (χ4n) is 3.43. The molecule has 1 heterocycles. The molecule has 1 saturated heterocycles. The highest BCUT2D eigenvalue weighted by atomic mass is 32.2. The third-order valence-electron chi connectivity index (χ3n) is 5.25. The predicted octanol–water partition coefficient (Wildman–Crippen LogP) is 2.78. The van der Waals surface area contributed by atoms with Gasteiger partial charge in [0, 0.05) is 31.9 Å². The van der Waals surface area contributed by atoms with Crippen molar-refractivity contribution < 1.29 is 17.6 Å². The normalized spacial score (nSPS) is 17.1. The van der Waals surface area contributed by atoms with Crippen molar-refractivity contribution >= 4 is 21.6 Å². The number of aryl methyl sites for hydroxylation is 2. The van der Waals surface area contributed by atoms with E-state index in [0.717, 1.165) is 11.1 Å². The molecule has 8 heteroatoms. The van der Waals surface area contributed by atoms with E-state index in [2.05, 4.69) is 5.32 Å². The summed E-state index contributed by atoms with van der Waals surface area (Å²) in [4.78, 5) is 14.8. The van der Waals surface area contributed by atoms with Gasteiger partial charge in [0.05, 0.1) is 10.9 Å². The molecule has 1 fully saturated rings. The molecule has 0 spiro atoms. The summed E-state index contributed by atoms with van der Waals surface area (Å²) in [5, 5.41) is 2.71. The van der Waals surface area contributed by atoms with Crippen LogP contribution in [0.4, 0.5) is 10.1 Å². The van der Waals surface area contributed by atoms with Crippen molar-refractivity contribution in [3.8, 4) is 0 Å². The summed E-state index contributed by atoms with van der Waals surface area (Å²) < 4.78 is 40.8. The van der Waals surface area contributed by atoms with Crippen LogP contribution in [0.5, 0.6) is 0 Å². The molecular formula is C21H26FN3O3S. The van der Waals surface area contributed by atoms with Crippen molar-refractivity contribution in [1.29, 1.82) is 0 Å². The molecule has 1 atom stereocenters. The Kier molecular flexibility index (Phi) is 6.36. The summed E-state index contributed by atoms with van der Waals surface area (Å²) in [6.45, 7) is 6.95. The van der Waals surface area contributed by atoms with E-state index < -0.39 is 21.9 Å². The van der Waals surface area contributed by atoms with Crippen LogP contribution >= 0.6 is 0 Å². The number of nitrogens with zero attached hydrogens (tertiary/aromatic N) is 2. The lowest BCUT2D eigenvalue weighted by molar-refractivity contribution is -0.121. The Hall–Kier alpha value is -2.29. The van der Waals surface area contributed by atoms with Gasteiger partial charge >= 0.3 is 0 Å². The lowest BCUT2D eigenvalue weighted by Gasteiger charge is -2.37. The van der Waals surface area contributed by atoms with Gasteiger partial charge < -0.3 is 5.32 Å². The van der Waals surface area contributed by atoms with E-state index >= 15 is 0 Å². The van der Waals surface area contributed by atoms with Gasteiger partial charge in [0.2, 0.25) is 15.9 Å². The summed E-state index contributed by atoms with van der Waals surface area (Å²) in [5.74, 6) is -0.665. The average Bonchev–Trinajstić information content (AvgIpc) is 2.69. The maximum absolute atomic E-state index is 13.3. The highest BCUT2D eigenvalue weighted by molar-refractivity contribution is 7.89. The summed E-state index contributed by atoms with van der Waals surface area (Å²) in [6.07, 6.45) is 0. The number of anilines is 1. The SMILES string of the molecule is Cc1ccc(C)c(S(=O)(=O)N2CCN([C@H](C)C(=O)Nc3cccc(F)c3)CC2)c1. The molecule has 6 nitrogen and oxygen atoms in total. The van der Waals surface area contributed by atoms with E-state index in [9.17, 15) is 17.6 Å². The number of nitrogens with one attached hydrogen (secondary N) is 1. The quantitative estimate of drug-likeness (QED) is 0.809. The number of rotatable bonds is 5. The van der Waals surface area contributed by atoms with Gasteiger partial charge in [0.15, 0.2) is 0 Å². The minimum absolute atomic E-state index is 0.249. The average molecular weight is 420 g/mol. The van der Waals surface area contributed by atoms with Gasteiger partial charge in [0.25, 0.3) is 0 Å². The van der Waals surface area contributed by atoms with Gasteiger partial charge in [-0.2, -0.15) is 4.31 Å². The largest absolute Gasteiger partial charge is 0.325 e. The number of benzene rings is 2. The van der Waals surface area contributed by atoms with Gasteiger partial charge in [-0.3, -0.25) is 9.69 Å². The fraction of sp³-hybridized carbons (Fsp3) is 0.381. The van der Waals surface area contributed by atoms with E-state index in [1.54, 1.807) is 26.0 Å². The van der Waals surface area contributed by atoms with Crippen molar-refractivity contribution in [2.45, 2.75) is 31.7 Å². The number of hydrogen-bond donors (Lipinski definition) is 1. The summed E-state index contributed by atoms with van der Waals surface area (Å²) in [7, 11) is -3.57. The van der Waals surface area contributed by atoms with Crippen LogP contribution in [0.2, 0.25) is 0 Å². The number of carbonyl (C=O) groups is 1. The maximum Gasteiger partial charge on any atom is 0.243 e. The zero-order chi connectivity index (χ0) is 21.2. The first-order chi connectivity index (χ1) is 13.7. The van der Waals surface area contributed by atoms with Crippen molar-refractivity contribution in [2.24, 2.45) is 0 Å². The number of carbonyl (C=O) groups excluding carboxylic acids is 1. The van der Waals surface area contributed by atoms with Gasteiger partial charge in [-0.1, -0.05) is 18.2 Å². The molecule has 1 aliphatic heterocycles. The van der Waals surface area contributed by atoms with Gasteiger partial charge in [-0.15, -0.1) is 0 Å². The fourth-order valence-corrected chi connectivity index (χ4v) is 5.17. The Morgan fingerprint density at radius 1 is 1.07 bits per heavy atom. The third-order valence-corrected chi connectivity index (χ3v) is 7.29. The van der Waals surface area contributed by atoms with Crippen LogP contribution in [0.1, 0.15) is 18.1 Å². The molecule has 2 aromatic rings. The highest BCUT2D eigenvalue weighted by Gasteiger charge is 2.32. The molecule has 1 N–H and O–H groups in total. The monoisotopic (exact) mass is 419 g/mol. The van der Waals surface area contributed by atoms with Crippen LogP contribution in [0.15, 0.2) is 47.4 Å². The van der Waals surface area contributed by atoms with Gasteiger partial charge in [0.1, 0.15) is 5.82 Å². The van der Waals surface area contributed by atoms with E-state index in [1.165, 1.54) is 22.5 Å². The van der Waals surface area contributed by atoms with Gasteiger partial charge in [-0.05, 0) is 56.2 Å². The summed E-state index contributed by atoms with van der Waals surface area (Å²) >= 11 is 0. The lowest BCUT2D eigenvalue weighted by atomic mass is 10.2. The maximum atomic E-state index is 13.3. The number of halogens is 1. The first kappa shape index (κ1) is 21.4. The highest BCUT2D eigenvalue weighted by Crippen LogP contribution is 2.23. The van der Waals surface area contributed by atoms with Crippen molar-refractivity contribution in [3.63, 3.8) is 0 Å². The second kappa shape index (κ2) is 8.61. The lowest BCUT2D eigenvalue weighted by Crippen LogP contribution is -2.54. The Morgan fingerprint density at radius 2 is 1.76 bits per heavy atom. The second-order valence-electron chi connectivity index (χ2n) is 7.38. The Balaban J connectivity index is 1.63. The number of sulfonamides is 1. The number of hydrogen-bond acceptors (Lipinski definition) is 4. The van der Waals surface area contributed by atoms with E-state index in [1.807, 2.05) is 24.0 Å². The summed E-state index contributed by atoms with van der Waals surface area (Å²) in [5.41, 5.74) is 2.02. The molecule has 0 unspecified atom stereocenters. The topological polar surface area (TPSA) is 69.7 Å². The first-order valence-corrected chi connectivity index (χ1v) is 11.0. The Bertz CT molecular complexity index is 1000. The van der Waals surface area contributed by atoms with E-state index in [4.69, 9.17) is 0 Å². The number of piperazine rings is 1. The van der Waals surface area contributed by atoms with Crippen LogP contribution in [-0.4, -0.2) is 55.8 Å². The molecule has 1 aliphatic rings. The van der Waals surface area contributed by atoms with Crippen LogP contribution in [0.25, 0.3) is 0 Å². The molecule has 2 aromatic carbocycles. The third kappa shape index (κ3) is 4.83. The second-order valence-corrected chi connectivity index (χ2v) is 9.29. The smallest absolute Gasteiger partial charge is 0.243 e. The van der Waals surface area contributed by atoms with Crippen LogP contribution in [0.3, 0.4) is 0 Å². The van der Waals surface area contributed by atoms with Crippen LogP contribution < -0.4 is 5.32 Å². The predicted molar refractivity (Wildman–Crippen MR) is 111 cm³/mol. The molecule has 0 radical (unpaired) electrons. The minimum Gasteiger partial charge on any atom is -0.325 e. The van der Waals surface area contributed by atoms with Gasteiger partial charge in [-0.25, -0.2) is 12.8 Å². The standard InChI is InChI=1S/C21H26FN3O3S/c1-15-7-8-16(2)20(13-15)29(27,28)25-11-9-24(10-12-25)17(3)21(26)23-19-6-4-5-18(22)14-19/h4-8,13-14,17H,9-12H2,1-3H3,(H,23,26)/t17-/m1/s1. The molecule has 0 bridgehead atoms. The van der Waals surface area contributed by atoms with Crippen molar-refractivity contribution in [2.75, 3.05) is 31.5 Å². The summed E-state index contributed by atoms with van der Waals surface area (Å²) in [6, 6.07) is 10.7. The van der Waals surface area contributed by atoms with E-state index in [-0.39, 0.29) is 5.91 Å². The van der Waals surface area contributed by atoms with Crippen molar-refractivity contribution in [1.82, 2.24) is 9.21 Å². The zero-order valence-corrected chi connectivity index (χ0v) is 17.7. The molecule has 0 saturated carbocycles. The number of amides is 1. The Morgan fingerprint density at radius 3 is 2.41 bits per heavy atom. The molecule has 0 aliphatic carbocycles. The van der Waals surface area contributed by atoms with E-state index in [0.29, 0.717) is 36.8 Å². The molecule has 156 valence electrons. The Labute approximate surface area is 171 Å². The first-order valence-electron chi connectivity index (χ1n) is 9.56. The molecule has 3 rings (SSSR count). The molecule has 0 aromatic heterocycles. The zero-order valence-electron chi connectivity index (χ0n) is 16.9. The van der Waals surface area contributed by atoms with Crippen molar-refractivity contribution in [3.05, 3.63) is 59.4 Å². The van der Waals surface area contributed by atoms with Crippen LogP contribution in [-0.2, 0) is 14.8 Å². The molecule has 1 amide bonds. The molecular weight excluding hydrogens is 393 g/mol. The molecule has 29 heavy (non-hydrogen) atoms.